The zero-order valence-electron chi connectivity index (χ0n) is 19.5. The molecule has 1 heterocycles. The van der Waals surface area contributed by atoms with Crippen molar-refractivity contribution < 1.29 is 24.2 Å². The van der Waals surface area contributed by atoms with E-state index in [4.69, 9.17) is 4.74 Å². The summed E-state index contributed by atoms with van der Waals surface area (Å²) in [7, 11) is 0. The minimum Gasteiger partial charge on any atom is -0.478 e. The monoisotopic (exact) mass is 451 g/mol. The van der Waals surface area contributed by atoms with Crippen LogP contribution in [0.4, 0.5) is 4.79 Å². The molecule has 3 rings (SSSR count). The number of aromatic carboxylic acids is 1. The van der Waals surface area contributed by atoms with Crippen LogP contribution in [0.1, 0.15) is 68.6 Å². The largest absolute Gasteiger partial charge is 0.478 e. The van der Waals surface area contributed by atoms with Crippen molar-refractivity contribution in [3.05, 3.63) is 71.3 Å². The molecule has 1 saturated heterocycles. The molecule has 0 spiro atoms. The number of carbonyl (C=O) groups excluding carboxylic acids is 2. The highest BCUT2D eigenvalue weighted by molar-refractivity contribution is 6.04. The van der Waals surface area contributed by atoms with Gasteiger partial charge in [-0.1, -0.05) is 42.5 Å². The predicted molar refractivity (Wildman–Crippen MR) is 124 cm³/mol. The van der Waals surface area contributed by atoms with E-state index in [1.807, 2.05) is 44.2 Å². The number of carboxylic acid groups (broad SMARTS) is 1. The normalized spacial score (nSPS) is 17.9. The second kappa shape index (κ2) is 9.05. The fraction of sp³-hybridized carbons (Fsp3) is 0.360. The number of ether oxygens (including phenoxy) is 1. The van der Waals surface area contributed by atoms with Crippen LogP contribution >= 0.6 is 0 Å². The summed E-state index contributed by atoms with van der Waals surface area (Å²) < 4.78 is 5.35. The van der Waals surface area contributed by atoms with Crippen molar-refractivity contribution in [1.29, 1.82) is 0 Å². The molecule has 0 bridgehead atoms. The van der Waals surface area contributed by atoms with Crippen LogP contribution in [0, 0.1) is 0 Å². The van der Waals surface area contributed by atoms with E-state index in [2.05, 4.69) is 10.3 Å². The van der Waals surface area contributed by atoms with Gasteiger partial charge in [0.15, 0.2) is 0 Å². The Kier molecular flexibility index (Phi) is 6.58. The van der Waals surface area contributed by atoms with Crippen LogP contribution in [-0.4, -0.2) is 45.1 Å². The summed E-state index contributed by atoms with van der Waals surface area (Å²) in [4.78, 5) is 43.1. The van der Waals surface area contributed by atoms with Crippen LogP contribution < -0.4 is 5.32 Å². The van der Waals surface area contributed by atoms with E-state index in [0.29, 0.717) is 5.56 Å². The Balaban J connectivity index is 2.17. The summed E-state index contributed by atoms with van der Waals surface area (Å²) in [5.74, 6) is -1.27. The molecule has 1 unspecified atom stereocenters. The molecule has 1 aliphatic rings. The zero-order valence-corrected chi connectivity index (χ0v) is 19.5. The third kappa shape index (κ3) is 5.97. The van der Waals surface area contributed by atoms with E-state index < -0.39 is 29.2 Å². The molecule has 2 amide bonds. The summed E-state index contributed by atoms with van der Waals surface area (Å²) in [5.41, 5.74) is 0.0179. The van der Waals surface area contributed by atoms with Crippen LogP contribution in [-0.2, 0) is 9.53 Å². The average molecular weight is 452 g/mol. The van der Waals surface area contributed by atoms with Gasteiger partial charge in [-0.2, -0.15) is 0 Å². The molecule has 2 N–H and O–H groups in total. The lowest BCUT2D eigenvalue weighted by molar-refractivity contribution is -0.131. The number of hydrogen-bond acceptors (Lipinski definition) is 4. The Labute approximate surface area is 193 Å². The summed E-state index contributed by atoms with van der Waals surface area (Å²) in [5, 5.41) is 12.7. The molecule has 0 radical (unpaired) electrons. The Morgan fingerprint density at radius 3 is 2.33 bits per heavy atom. The maximum atomic E-state index is 13.4. The Hall–Kier alpha value is -3.68. The number of nitrogens with zero attached hydrogens (tertiary/aromatic N) is 2. The highest BCUT2D eigenvalue weighted by Gasteiger charge is 2.41. The first kappa shape index (κ1) is 24.0. The molecule has 1 fully saturated rings. The molecule has 0 aliphatic carbocycles. The molecular weight excluding hydrogens is 422 g/mol. The van der Waals surface area contributed by atoms with E-state index >= 15 is 0 Å². The number of amides is 2. The molecule has 2 aromatic rings. The first-order valence-electron chi connectivity index (χ1n) is 10.7. The molecule has 8 nitrogen and oxygen atoms in total. The number of carboxylic acids is 1. The molecule has 1 aliphatic heterocycles. The molecule has 8 heteroatoms. The van der Waals surface area contributed by atoms with Gasteiger partial charge in [-0.15, -0.1) is 4.99 Å². The number of guanidine groups is 1. The summed E-state index contributed by atoms with van der Waals surface area (Å²) >= 11 is 0. The maximum absolute atomic E-state index is 13.4. The first-order chi connectivity index (χ1) is 15.4. The number of benzene rings is 2. The molecule has 33 heavy (non-hydrogen) atoms. The van der Waals surface area contributed by atoms with Crippen LogP contribution in [0.5, 0.6) is 0 Å². The van der Waals surface area contributed by atoms with Crippen molar-refractivity contribution in [3.63, 3.8) is 0 Å². The van der Waals surface area contributed by atoms with Crippen molar-refractivity contribution in [2.24, 2.45) is 4.99 Å². The van der Waals surface area contributed by atoms with Gasteiger partial charge in [0, 0.05) is 12.0 Å². The molecular formula is C25H29N3O5. The molecule has 1 atom stereocenters. The number of hydrogen-bond donors (Lipinski definition) is 2. The first-order valence-corrected chi connectivity index (χ1v) is 10.7. The Morgan fingerprint density at radius 1 is 1.09 bits per heavy atom. The molecule has 0 saturated carbocycles. The van der Waals surface area contributed by atoms with Gasteiger partial charge in [-0.25, -0.2) is 9.59 Å². The quantitative estimate of drug-likeness (QED) is 0.715. The summed E-state index contributed by atoms with van der Waals surface area (Å²) in [6.07, 6.45) is -0.672. The fourth-order valence-corrected chi connectivity index (χ4v) is 3.68. The van der Waals surface area contributed by atoms with Crippen molar-refractivity contribution in [2.75, 3.05) is 0 Å². The summed E-state index contributed by atoms with van der Waals surface area (Å²) in [6, 6.07) is 14.9. The zero-order chi connectivity index (χ0) is 24.4. The Bertz CT molecular complexity index is 1090. The van der Waals surface area contributed by atoms with Gasteiger partial charge < -0.3 is 15.2 Å². The maximum Gasteiger partial charge on any atom is 0.437 e. The lowest BCUT2D eigenvalue weighted by Crippen LogP contribution is -2.61. The lowest BCUT2D eigenvalue weighted by Gasteiger charge is -2.42. The second-order valence-corrected chi connectivity index (χ2v) is 9.61. The molecule has 2 aromatic carbocycles. The predicted octanol–water partition coefficient (Wildman–Crippen LogP) is 4.37. The second-order valence-electron chi connectivity index (χ2n) is 9.61. The molecule has 174 valence electrons. The van der Waals surface area contributed by atoms with E-state index in [-0.39, 0.29) is 23.9 Å². The van der Waals surface area contributed by atoms with Gasteiger partial charge >= 0.3 is 12.1 Å². The van der Waals surface area contributed by atoms with Gasteiger partial charge in [0.05, 0.1) is 11.6 Å². The van der Waals surface area contributed by atoms with Gasteiger partial charge in [0.25, 0.3) is 0 Å². The number of carbonyl (C=O) groups is 3. The van der Waals surface area contributed by atoms with Crippen LogP contribution in [0.15, 0.2) is 59.6 Å². The summed E-state index contributed by atoms with van der Waals surface area (Å²) in [6.45, 7) is 8.88. The number of rotatable bonds is 4. The Morgan fingerprint density at radius 2 is 1.73 bits per heavy atom. The van der Waals surface area contributed by atoms with Crippen molar-refractivity contribution in [1.82, 2.24) is 10.2 Å². The van der Waals surface area contributed by atoms with E-state index in [0.717, 1.165) is 5.56 Å². The van der Waals surface area contributed by atoms with Crippen molar-refractivity contribution in [3.8, 4) is 0 Å². The van der Waals surface area contributed by atoms with Crippen molar-refractivity contribution >= 4 is 23.9 Å². The minimum atomic E-state index is -1.07. The lowest BCUT2D eigenvalue weighted by atomic mass is 9.91. The van der Waals surface area contributed by atoms with E-state index in [1.54, 1.807) is 32.9 Å². The van der Waals surface area contributed by atoms with E-state index in [1.165, 1.54) is 17.0 Å². The van der Waals surface area contributed by atoms with Crippen LogP contribution in [0.2, 0.25) is 0 Å². The third-order valence-corrected chi connectivity index (χ3v) is 4.95. The molecule has 0 aromatic heterocycles. The van der Waals surface area contributed by atoms with Gasteiger partial charge in [-0.3, -0.25) is 9.69 Å². The highest BCUT2D eigenvalue weighted by Crippen LogP contribution is 2.33. The van der Waals surface area contributed by atoms with Crippen LogP contribution in [0.3, 0.4) is 0 Å². The van der Waals surface area contributed by atoms with Gasteiger partial charge in [-0.05, 0) is 57.9 Å². The standard InChI is InChI=1S/C25H29N3O5/c1-24(2,3)33-23(32)26-22-27-25(4,5)15-19(29)28(22)20(16-10-7-6-8-11-16)17-12-9-13-18(14-17)21(30)31/h6-14,20H,15H2,1-5H3,(H,30,31)(H,26,27,32). The van der Waals surface area contributed by atoms with Gasteiger partial charge in [0.1, 0.15) is 5.60 Å². The van der Waals surface area contributed by atoms with Gasteiger partial charge in [0.2, 0.25) is 11.9 Å². The highest BCUT2D eigenvalue weighted by atomic mass is 16.6. The smallest absolute Gasteiger partial charge is 0.437 e. The number of nitrogens with one attached hydrogen (secondary N) is 1. The fourth-order valence-electron chi connectivity index (χ4n) is 3.68. The number of aliphatic imine (C=N–C) groups is 1. The SMILES string of the molecule is CC1(C)CC(=O)N(C(c2ccccc2)c2cccc(C(=O)O)c2)C(=NC(=O)OC(C)(C)C)N1. The topological polar surface area (TPSA) is 108 Å². The third-order valence-electron chi connectivity index (χ3n) is 4.95. The van der Waals surface area contributed by atoms with Crippen molar-refractivity contribution in [2.45, 2.75) is 58.2 Å². The van der Waals surface area contributed by atoms with E-state index in [9.17, 15) is 19.5 Å². The minimum absolute atomic E-state index is 0.0556. The van der Waals surface area contributed by atoms with Crippen LogP contribution in [0.25, 0.3) is 0 Å². The average Bonchev–Trinajstić information content (AvgIpc) is 2.69.